The van der Waals surface area contributed by atoms with Crippen LogP contribution in [0, 0.1) is 0 Å². The quantitative estimate of drug-likeness (QED) is 0.760. The van der Waals surface area contributed by atoms with Crippen molar-refractivity contribution in [2.24, 2.45) is 0 Å². The van der Waals surface area contributed by atoms with E-state index in [2.05, 4.69) is 20.9 Å². The lowest BCUT2D eigenvalue weighted by Gasteiger charge is -1.99. The molecule has 0 bridgehead atoms. The van der Waals surface area contributed by atoms with E-state index in [1.165, 1.54) is 0 Å². The highest BCUT2D eigenvalue weighted by Crippen LogP contribution is 2.11. The van der Waals surface area contributed by atoms with Crippen LogP contribution in [-0.4, -0.2) is 4.98 Å². The van der Waals surface area contributed by atoms with Gasteiger partial charge in [0.05, 0.1) is 0 Å². The van der Waals surface area contributed by atoms with Gasteiger partial charge in [0, 0.05) is 16.4 Å². The Hall–Kier alpha value is -1.09. The zero-order chi connectivity index (χ0) is 9.26. The van der Waals surface area contributed by atoms with Gasteiger partial charge >= 0.3 is 0 Å². The van der Waals surface area contributed by atoms with Crippen molar-refractivity contribution in [1.29, 1.82) is 0 Å². The summed E-state index contributed by atoms with van der Waals surface area (Å²) >= 11 is 3.31. The minimum absolute atomic E-state index is 0.0208. The van der Waals surface area contributed by atoms with Crippen molar-refractivity contribution in [1.82, 2.24) is 4.98 Å². The third kappa shape index (κ3) is 1.52. The number of hydrogen-bond acceptors (Lipinski definition) is 1. The maximum atomic E-state index is 11.5. The summed E-state index contributed by atoms with van der Waals surface area (Å²) in [5.74, 6) is 0. The maximum absolute atomic E-state index is 11.5. The summed E-state index contributed by atoms with van der Waals surface area (Å²) in [6.45, 7) is 0. The normalized spacial score (nSPS) is 10.5. The van der Waals surface area contributed by atoms with Crippen LogP contribution in [0.25, 0.3) is 10.8 Å². The van der Waals surface area contributed by atoms with Crippen LogP contribution in [0.5, 0.6) is 0 Å². The van der Waals surface area contributed by atoms with Crippen LogP contribution in [-0.2, 0) is 5.33 Å². The van der Waals surface area contributed by atoms with Gasteiger partial charge in [-0.05, 0) is 17.5 Å². The van der Waals surface area contributed by atoms with Crippen LogP contribution in [0.2, 0.25) is 0 Å². The van der Waals surface area contributed by atoms with Crippen molar-refractivity contribution >= 4 is 26.7 Å². The van der Waals surface area contributed by atoms with Gasteiger partial charge in [0.2, 0.25) is 0 Å². The molecule has 13 heavy (non-hydrogen) atoms. The Morgan fingerprint density at radius 2 is 2.08 bits per heavy atom. The summed E-state index contributed by atoms with van der Waals surface area (Å²) in [6.07, 6.45) is 0. The molecule has 2 nitrogen and oxygen atoms in total. The predicted octanol–water partition coefficient (Wildman–Crippen LogP) is 2.42. The van der Waals surface area contributed by atoms with Crippen molar-refractivity contribution < 1.29 is 0 Å². The summed E-state index contributed by atoms with van der Waals surface area (Å²) in [7, 11) is 0. The lowest BCUT2D eigenvalue weighted by Crippen LogP contribution is -2.07. The van der Waals surface area contributed by atoms with E-state index in [-0.39, 0.29) is 5.56 Å². The van der Waals surface area contributed by atoms with Crippen molar-refractivity contribution in [3.63, 3.8) is 0 Å². The zero-order valence-electron chi connectivity index (χ0n) is 6.88. The van der Waals surface area contributed by atoms with Gasteiger partial charge in [-0.25, -0.2) is 0 Å². The van der Waals surface area contributed by atoms with E-state index >= 15 is 0 Å². The SMILES string of the molecule is O=c1[nH]c(CBr)cc2ccccc12. The summed E-state index contributed by atoms with van der Waals surface area (Å²) in [4.78, 5) is 14.3. The Morgan fingerprint density at radius 3 is 2.85 bits per heavy atom. The van der Waals surface area contributed by atoms with Gasteiger partial charge in [0.15, 0.2) is 0 Å². The number of aromatic amines is 1. The molecule has 0 unspecified atom stereocenters. The fourth-order valence-electron chi connectivity index (χ4n) is 1.34. The number of pyridine rings is 1. The zero-order valence-corrected chi connectivity index (χ0v) is 8.47. The summed E-state index contributed by atoms with van der Waals surface area (Å²) < 4.78 is 0. The number of rotatable bonds is 1. The number of hydrogen-bond donors (Lipinski definition) is 1. The third-order valence-corrected chi connectivity index (χ3v) is 2.56. The fraction of sp³-hybridized carbons (Fsp3) is 0.100. The molecular formula is C10H8BrNO. The lowest BCUT2D eigenvalue weighted by atomic mass is 10.1. The van der Waals surface area contributed by atoms with Crippen LogP contribution in [0.1, 0.15) is 5.69 Å². The Balaban J connectivity index is 2.85. The van der Waals surface area contributed by atoms with E-state index in [4.69, 9.17) is 0 Å². The smallest absolute Gasteiger partial charge is 0.256 e. The molecule has 0 aliphatic heterocycles. The van der Waals surface area contributed by atoms with E-state index < -0.39 is 0 Å². The van der Waals surface area contributed by atoms with Crippen LogP contribution < -0.4 is 5.56 Å². The molecule has 0 aliphatic carbocycles. The molecule has 2 aromatic rings. The molecular weight excluding hydrogens is 230 g/mol. The predicted molar refractivity (Wildman–Crippen MR) is 57.2 cm³/mol. The van der Waals surface area contributed by atoms with E-state index in [0.717, 1.165) is 16.5 Å². The molecule has 0 radical (unpaired) electrons. The molecule has 0 atom stereocenters. The first-order valence-corrected chi connectivity index (χ1v) is 5.10. The summed E-state index contributed by atoms with van der Waals surface area (Å²) in [5.41, 5.74) is 0.885. The van der Waals surface area contributed by atoms with Crippen LogP contribution >= 0.6 is 15.9 Å². The third-order valence-electron chi connectivity index (χ3n) is 1.95. The van der Waals surface area contributed by atoms with E-state index in [1.54, 1.807) is 0 Å². The van der Waals surface area contributed by atoms with Gasteiger partial charge < -0.3 is 4.98 Å². The van der Waals surface area contributed by atoms with E-state index in [9.17, 15) is 4.79 Å². The largest absolute Gasteiger partial charge is 0.325 e. The molecule has 2 rings (SSSR count). The summed E-state index contributed by atoms with van der Waals surface area (Å²) in [6, 6.07) is 9.54. The molecule has 1 aromatic heterocycles. The Labute approximate surface area is 83.7 Å². The first-order valence-electron chi connectivity index (χ1n) is 3.98. The van der Waals surface area contributed by atoms with Gasteiger partial charge in [0.1, 0.15) is 0 Å². The standard InChI is InChI=1S/C10H8BrNO/c11-6-8-5-7-3-1-2-4-9(7)10(13)12-8/h1-5H,6H2,(H,12,13). The number of fused-ring (bicyclic) bond motifs is 1. The minimum atomic E-state index is -0.0208. The average Bonchev–Trinajstić information content (AvgIpc) is 2.18. The number of nitrogens with one attached hydrogen (secondary N) is 1. The fourth-order valence-corrected chi connectivity index (χ4v) is 1.64. The minimum Gasteiger partial charge on any atom is -0.325 e. The van der Waals surface area contributed by atoms with Gasteiger partial charge in [-0.2, -0.15) is 0 Å². The van der Waals surface area contributed by atoms with Gasteiger partial charge in [-0.15, -0.1) is 0 Å². The monoisotopic (exact) mass is 237 g/mol. The van der Waals surface area contributed by atoms with E-state index in [1.807, 2.05) is 30.3 Å². The molecule has 0 saturated carbocycles. The highest BCUT2D eigenvalue weighted by molar-refractivity contribution is 9.08. The Bertz CT molecular complexity index is 489. The molecule has 1 N–H and O–H groups in total. The van der Waals surface area contributed by atoms with Crippen molar-refractivity contribution in [3.05, 3.63) is 46.4 Å². The highest BCUT2D eigenvalue weighted by atomic mass is 79.9. The maximum Gasteiger partial charge on any atom is 0.256 e. The van der Waals surface area contributed by atoms with Crippen molar-refractivity contribution in [3.8, 4) is 0 Å². The molecule has 1 aromatic carbocycles. The topological polar surface area (TPSA) is 32.9 Å². The van der Waals surface area contributed by atoms with Crippen LogP contribution in [0.3, 0.4) is 0 Å². The molecule has 0 saturated heterocycles. The second-order valence-corrected chi connectivity index (χ2v) is 3.41. The van der Waals surface area contributed by atoms with Crippen molar-refractivity contribution in [2.45, 2.75) is 5.33 Å². The second kappa shape index (κ2) is 3.34. The Kier molecular flexibility index (Phi) is 2.19. The van der Waals surface area contributed by atoms with Crippen molar-refractivity contribution in [2.75, 3.05) is 0 Å². The molecule has 0 amide bonds. The van der Waals surface area contributed by atoms with Crippen LogP contribution in [0.4, 0.5) is 0 Å². The highest BCUT2D eigenvalue weighted by Gasteiger charge is 1.98. The summed E-state index contributed by atoms with van der Waals surface area (Å²) in [5, 5.41) is 2.40. The second-order valence-electron chi connectivity index (χ2n) is 2.84. The molecule has 0 spiro atoms. The molecule has 1 heterocycles. The number of halogens is 1. The van der Waals surface area contributed by atoms with E-state index in [0.29, 0.717) is 5.33 Å². The van der Waals surface area contributed by atoms with Gasteiger partial charge in [-0.1, -0.05) is 34.1 Å². The first kappa shape index (κ1) is 8.51. The molecule has 3 heteroatoms. The number of benzene rings is 1. The molecule has 0 aliphatic rings. The number of aromatic nitrogens is 1. The first-order chi connectivity index (χ1) is 6.31. The van der Waals surface area contributed by atoms with Gasteiger partial charge in [0.25, 0.3) is 5.56 Å². The Morgan fingerprint density at radius 1 is 1.31 bits per heavy atom. The molecule has 66 valence electrons. The van der Waals surface area contributed by atoms with Gasteiger partial charge in [-0.3, -0.25) is 4.79 Å². The molecule has 0 fully saturated rings. The number of H-pyrrole nitrogens is 1. The average molecular weight is 238 g/mol. The lowest BCUT2D eigenvalue weighted by molar-refractivity contribution is 1.16. The van der Waals surface area contributed by atoms with Crippen LogP contribution in [0.15, 0.2) is 35.1 Å². The number of alkyl halides is 1.